The highest BCUT2D eigenvalue weighted by Crippen LogP contribution is 2.13. The molecule has 0 amide bonds. The van der Waals surface area contributed by atoms with Crippen LogP contribution in [0.1, 0.15) is 290 Å². The van der Waals surface area contributed by atoms with Crippen LogP contribution in [0.25, 0.3) is 0 Å². The summed E-state index contributed by atoms with van der Waals surface area (Å²) in [5, 5.41) is 25.2. The first-order chi connectivity index (χ1) is 32.4. The summed E-state index contributed by atoms with van der Waals surface area (Å²) >= 11 is 0. The monoisotopic (exact) mass is 937 g/mol. The number of carbonyl (C=O) groups is 3. The average molecular weight is 937 g/mol. The van der Waals surface area contributed by atoms with E-state index in [2.05, 4.69) is 71.4 Å². The van der Waals surface area contributed by atoms with E-state index in [0.717, 1.165) is 38.5 Å². The molecule has 66 heavy (non-hydrogen) atoms. The molecule has 0 fully saturated rings. The van der Waals surface area contributed by atoms with E-state index in [0.29, 0.717) is 19.3 Å². The number of hydrogen-bond donors (Lipinski definition) is 3. The highest BCUT2D eigenvalue weighted by atomic mass is 16.6. The topological polar surface area (TPSA) is 140 Å². The van der Waals surface area contributed by atoms with Gasteiger partial charge >= 0.3 is 17.9 Å². The Hall–Kier alpha value is -2.49. The van der Waals surface area contributed by atoms with Crippen molar-refractivity contribution in [1.29, 1.82) is 0 Å². The van der Waals surface area contributed by atoms with Gasteiger partial charge in [-0.15, -0.1) is 0 Å². The Bertz CT molecular complexity index is 913. The molecule has 0 aromatic rings. The predicted molar refractivity (Wildman–Crippen MR) is 278 cm³/mol. The molecule has 0 rings (SSSR count). The first-order valence-corrected chi connectivity index (χ1v) is 27.7. The van der Waals surface area contributed by atoms with Gasteiger partial charge in [-0.2, -0.15) is 0 Å². The van der Waals surface area contributed by atoms with Crippen molar-refractivity contribution in [2.24, 2.45) is 0 Å². The molecule has 0 aliphatic rings. The van der Waals surface area contributed by atoms with Gasteiger partial charge < -0.3 is 29.5 Å². The molecule has 0 aliphatic heterocycles. The first-order valence-electron chi connectivity index (χ1n) is 27.7. The maximum atomic E-state index is 11.0. The fourth-order valence-electron chi connectivity index (χ4n) is 7.45. The lowest BCUT2D eigenvalue weighted by atomic mass is 10.1. The largest absolute Gasteiger partial charge is 0.439 e. The van der Waals surface area contributed by atoms with Crippen LogP contribution in [-0.4, -0.2) is 53.6 Å². The molecule has 0 unspecified atom stereocenters. The van der Waals surface area contributed by atoms with E-state index in [9.17, 15) is 14.4 Å². The van der Waals surface area contributed by atoms with E-state index in [4.69, 9.17) is 15.3 Å². The number of ether oxygens (including phenoxy) is 3. The molecular weight excluding hydrogens is 829 g/mol. The first kappa shape index (κ1) is 67.8. The third-order valence-corrected chi connectivity index (χ3v) is 11.6. The highest BCUT2D eigenvalue weighted by molar-refractivity contribution is 5.69. The molecule has 9 nitrogen and oxygen atoms in total. The number of allylic oxidation sites excluding steroid dienone is 6. The van der Waals surface area contributed by atoms with Gasteiger partial charge in [0.15, 0.2) is 20.4 Å². The number of rotatable bonds is 48. The molecule has 0 atom stereocenters. The van der Waals surface area contributed by atoms with E-state index in [1.165, 1.54) is 212 Å². The van der Waals surface area contributed by atoms with Crippen molar-refractivity contribution in [3.05, 3.63) is 36.5 Å². The van der Waals surface area contributed by atoms with Crippen molar-refractivity contribution in [3.8, 4) is 0 Å². The summed E-state index contributed by atoms with van der Waals surface area (Å²) < 4.78 is 13.4. The number of aliphatic hydroxyl groups excluding tert-OH is 3. The van der Waals surface area contributed by atoms with Gasteiger partial charge in [0.1, 0.15) is 0 Å². The van der Waals surface area contributed by atoms with Gasteiger partial charge in [0.2, 0.25) is 0 Å². The van der Waals surface area contributed by atoms with Gasteiger partial charge in [-0.3, -0.25) is 14.4 Å². The highest BCUT2D eigenvalue weighted by Gasteiger charge is 2.03. The Kier molecular flexibility index (Phi) is 66.3. The van der Waals surface area contributed by atoms with E-state index in [1.54, 1.807) is 0 Å². The molecule has 0 aromatic heterocycles. The minimum atomic E-state index is -0.496. The van der Waals surface area contributed by atoms with Gasteiger partial charge in [-0.25, -0.2) is 0 Å². The number of aliphatic hydroxyl groups is 3. The molecule has 3 N–H and O–H groups in total. The number of unbranched alkanes of at least 4 members (excludes halogenated alkanes) is 33. The molecule has 0 bridgehead atoms. The number of hydrogen-bond acceptors (Lipinski definition) is 9. The summed E-state index contributed by atoms with van der Waals surface area (Å²) in [5.74, 6) is -0.875. The molecule has 0 heterocycles. The van der Waals surface area contributed by atoms with Crippen LogP contribution in [0.15, 0.2) is 36.5 Å². The molecule has 0 spiro atoms. The van der Waals surface area contributed by atoms with Gasteiger partial charge in [-0.05, 0) is 96.3 Å². The standard InChI is InChI=1S/3C19H36O3/c3*1-2-3-4-5-6-7-8-9-10-11-12-13-14-15-16-17-19(21)22-18-20/h3*9-10,20H,2-8,11-18H2,1H3. The van der Waals surface area contributed by atoms with Crippen LogP contribution in [0, 0.1) is 0 Å². The summed E-state index contributed by atoms with van der Waals surface area (Å²) in [6, 6.07) is 0. The third-order valence-electron chi connectivity index (χ3n) is 11.6. The van der Waals surface area contributed by atoms with Crippen molar-refractivity contribution in [3.63, 3.8) is 0 Å². The zero-order valence-corrected chi connectivity index (χ0v) is 43.6. The van der Waals surface area contributed by atoms with Gasteiger partial charge in [0, 0.05) is 19.3 Å². The molecule has 0 radical (unpaired) electrons. The normalized spacial score (nSPS) is 11.2. The van der Waals surface area contributed by atoms with Crippen molar-refractivity contribution in [2.75, 3.05) is 20.4 Å². The number of carbonyl (C=O) groups excluding carboxylic acids is 3. The second-order valence-corrected chi connectivity index (χ2v) is 17.9. The van der Waals surface area contributed by atoms with Crippen molar-refractivity contribution in [1.82, 2.24) is 0 Å². The summed E-state index contributed by atoms with van der Waals surface area (Å²) in [6.07, 6.45) is 64.0. The van der Waals surface area contributed by atoms with Crippen LogP contribution >= 0.6 is 0 Å². The van der Waals surface area contributed by atoms with Crippen molar-refractivity contribution >= 4 is 17.9 Å². The lowest BCUT2D eigenvalue weighted by molar-refractivity contribution is -0.152. The summed E-state index contributed by atoms with van der Waals surface area (Å²) in [4.78, 5) is 33.0. The second kappa shape index (κ2) is 64.6. The maximum Gasteiger partial charge on any atom is 0.307 e. The molecule has 0 aliphatic carbocycles. The Morgan fingerprint density at radius 1 is 0.273 bits per heavy atom. The van der Waals surface area contributed by atoms with Crippen LogP contribution < -0.4 is 0 Å². The second-order valence-electron chi connectivity index (χ2n) is 17.9. The zero-order chi connectivity index (χ0) is 48.9. The van der Waals surface area contributed by atoms with E-state index >= 15 is 0 Å². The van der Waals surface area contributed by atoms with Gasteiger partial charge in [-0.1, -0.05) is 211 Å². The molecule has 0 saturated carbocycles. The fourth-order valence-corrected chi connectivity index (χ4v) is 7.45. The third kappa shape index (κ3) is 68.1. The molecule has 0 aromatic carbocycles. The van der Waals surface area contributed by atoms with Gasteiger partial charge in [0.05, 0.1) is 0 Å². The van der Waals surface area contributed by atoms with Crippen LogP contribution in [-0.2, 0) is 28.6 Å². The minimum Gasteiger partial charge on any atom is -0.439 e. The fraction of sp³-hybridized carbons (Fsp3) is 0.842. The Morgan fingerprint density at radius 2 is 0.439 bits per heavy atom. The molecular formula is C57H108O9. The zero-order valence-electron chi connectivity index (χ0n) is 43.6. The Labute approximate surface area is 407 Å². The van der Waals surface area contributed by atoms with E-state index < -0.39 is 20.4 Å². The van der Waals surface area contributed by atoms with Crippen LogP contribution in [0.2, 0.25) is 0 Å². The van der Waals surface area contributed by atoms with Crippen molar-refractivity contribution < 1.29 is 43.9 Å². The van der Waals surface area contributed by atoms with Crippen LogP contribution in [0.4, 0.5) is 0 Å². The maximum absolute atomic E-state index is 11.0. The van der Waals surface area contributed by atoms with E-state index in [1.807, 2.05) is 0 Å². The smallest absolute Gasteiger partial charge is 0.307 e. The predicted octanol–water partition coefficient (Wildman–Crippen LogP) is 16.6. The molecule has 9 heteroatoms. The summed E-state index contributed by atoms with van der Waals surface area (Å²) in [7, 11) is 0. The van der Waals surface area contributed by atoms with Crippen LogP contribution in [0.3, 0.4) is 0 Å². The Morgan fingerprint density at radius 3 is 0.621 bits per heavy atom. The molecule has 390 valence electrons. The van der Waals surface area contributed by atoms with Crippen molar-refractivity contribution in [2.45, 2.75) is 290 Å². The Balaban J connectivity index is -0.000000902. The minimum absolute atomic E-state index is 0.292. The van der Waals surface area contributed by atoms with E-state index in [-0.39, 0.29) is 17.9 Å². The van der Waals surface area contributed by atoms with Crippen LogP contribution in [0.5, 0.6) is 0 Å². The summed E-state index contributed by atoms with van der Waals surface area (Å²) in [5.41, 5.74) is 0. The quantitative estimate of drug-likeness (QED) is 0.0179. The summed E-state index contributed by atoms with van der Waals surface area (Å²) in [6.45, 7) is 5.29. The number of esters is 3. The molecule has 0 saturated heterocycles. The SMILES string of the molecule is CCCCCCCCC=CCCCCCCCC(=O)OCO.CCCCCCCCC=CCCCCCCCC(=O)OCO.CCCCCCCCC=CCCCCCCCC(=O)OCO. The average Bonchev–Trinajstić information content (AvgIpc) is 3.31. The van der Waals surface area contributed by atoms with Gasteiger partial charge in [0.25, 0.3) is 0 Å². The lowest BCUT2D eigenvalue weighted by Gasteiger charge is -2.01. The lowest BCUT2D eigenvalue weighted by Crippen LogP contribution is -2.04.